The topological polar surface area (TPSA) is 42.4 Å². The Labute approximate surface area is 137 Å². The van der Waals surface area contributed by atoms with Gasteiger partial charge in [-0.05, 0) is 69.0 Å². The van der Waals surface area contributed by atoms with Gasteiger partial charge in [-0.2, -0.15) is 0 Å². The van der Waals surface area contributed by atoms with E-state index in [1.165, 1.54) is 12.8 Å². The van der Waals surface area contributed by atoms with E-state index < -0.39 is 0 Å². The zero-order valence-electron chi connectivity index (χ0n) is 13.8. The first-order valence-electron chi connectivity index (χ1n) is 8.00. The van der Waals surface area contributed by atoms with Gasteiger partial charge in [0.25, 0.3) is 5.91 Å². The third kappa shape index (κ3) is 3.36. The fraction of sp³-hybridized carbons (Fsp3) is 0.368. The summed E-state index contributed by atoms with van der Waals surface area (Å²) in [5, 5.41) is 0. The van der Waals surface area contributed by atoms with E-state index in [9.17, 15) is 4.79 Å². The molecule has 0 N–H and O–H groups in total. The van der Waals surface area contributed by atoms with E-state index >= 15 is 0 Å². The molecule has 1 aliphatic rings. The first-order valence-corrected chi connectivity index (χ1v) is 8.00. The maximum absolute atomic E-state index is 13.0. The number of amides is 1. The first-order chi connectivity index (χ1) is 11.1. The number of aryl methyl sites for hydroxylation is 1. The van der Waals surface area contributed by atoms with Crippen LogP contribution >= 0.6 is 0 Å². The normalized spacial score (nSPS) is 15.1. The molecule has 120 valence electrons. The zero-order valence-corrected chi connectivity index (χ0v) is 13.8. The van der Waals surface area contributed by atoms with Gasteiger partial charge in [-0.3, -0.25) is 9.78 Å². The van der Waals surface area contributed by atoms with Crippen molar-refractivity contribution in [2.75, 3.05) is 12.0 Å². The van der Waals surface area contributed by atoms with Gasteiger partial charge in [0.15, 0.2) is 0 Å². The molecule has 1 amide bonds. The van der Waals surface area contributed by atoms with Gasteiger partial charge in [-0.25, -0.2) is 0 Å². The Kier molecular flexibility index (Phi) is 4.33. The van der Waals surface area contributed by atoms with Crippen LogP contribution in [0.5, 0.6) is 5.75 Å². The molecule has 1 atom stereocenters. The number of hydrogen-bond donors (Lipinski definition) is 0. The summed E-state index contributed by atoms with van der Waals surface area (Å²) >= 11 is 0. The van der Waals surface area contributed by atoms with Crippen LogP contribution in [0.25, 0.3) is 0 Å². The summed E-state index contributed by atoms with van der Waals surface area (Å²) < 4.78 is 5.21. The quantitative estimate of drug-likeness (QED) is 0.842. The third-order valence-corrected chi connectivity index (χ3v) is 4.44. The lowest BCUT2D eigenvalue weighted by atomic mass is 10.1. The van der Waals surface area contributed by atoms with Crippen LogP contribution in [0.3, 0.4) is 0 Å². The van der Waals surface area contributed by atoms with E-state index in [-0.39, 0.29) is 11.9 Å². The van der Waals surface area contributed by atoms with Crippen LogP contribution in [0.15, 0.2) is 42.6 Å². The molecule has 23 heavy (non-hydrogen) atoms. The summed E-state index contributed by atoms with van der Waals surface area (Å²) in [5.41, 5.74) is 2.43. The van der Waals surface area contributed by atoms with E-state index in [0.717, 1.165) is 17.1 Å². The van der Waals surface area contributed by atoms with Crippen LogP contribution in [0.2, 0.25) is 0 Å². The second kappa shape index (κ2) is 6.41. The Morgan fingerprint density at radius 2 is 1.91 bits per heavy atom. The predicted molar refractivity (Wildman–Crippen MR) is 91.0 cm³/mol. The number of aromatic nitrogens is 1. The highest BCUT2D eigenvalue weighted by Gasteiger charge is 2.35. The van der Waals surface area contributed by atoms with E-state index in [1.54, 1.807) is 13.3 Å². The summed E-state index contributed by atoms with van der Waals surface area (Å²) in [7, 11) is 1.64. The molecule has 1 aromatic carbocycles. The summed E-state index contributed by atoms with van der Waals surface area (Å²) in [5.74, 6) is 1.37. The fourth-order valence-electron chi connectivity index (χ4n) is 2.80. The molecular formula is C19H22N2O2. The lowest BCUT2D eigenvalue weighted by Crippen LogP contribution is -2.40. The Morgan fingerprint density at radius 3 is 2.43 bits per heavy atom. The average molecular weight is 310 g/mol. The molecule has 0 spiro atoms. The summed E-state index contributed by atoms with van der Waals surface area (Å²) in [6, 6.07) is 11.6. The molecule has 0 radical (unpaired) electrons. The standard InChI is InChI=1S/C19H22N2O2/c1-13-4-5-16(12-20-13)19(22)21(14(2)15-6-7-15)17-8-10-18(23-3)11-9-17/h4-5,8-12,14-15H,6-7H2,1-3H3/t14-/m0/s1. The first kappa shape index (κ1) is 15.5. The average Bonchev–Trinajstić information content (AvgIpc) is 3.41. The molecule has 4 heteroatoms. The van der Waals surface area contributed by atoms with Gasteiger partial charge in [-0.15, -0.1) is 0 Å². The number of ether oxygens (including phenoxy) is 1. The van der Waals surface area contributed by atoms with Crippen LogP contribution in [0.4, 0.5) is 5.69 Å². The Bertz CT molecular complexity index is 676. The maximum atomic E-state index is 13.0. The SMILES string of the molecule is COc1ccc(N(C(=O)c2ccc(C)nc2)[C@@H](C)C2CC2)cc1. The van der Waals surface area contributed by atoms with Crippen LogP contribution in [0.1, 0.15) is 35.8 Å². The van der Waals surface area contributed by atoms with Crippen molar-refractivity contribution in [1.29, 1.82) is 0 Å². The molecule has 1 aliphatic carbocycles. The number of hydrogen-bond acceptors (Lipinski definition) is 3. The Morgan fingerprint density at radius 1 is 1.22 bits per heavy atom. The van der Waals surface area contributed by atoms with E-state index in [2.05, 4.69) is 11.9 Å². The second-order valence-corrected chi connectivity index (χ2v) is 6.14. The molecule has 0 saturated heterocycles. The molecule has 3 rings (SSSR count). The molecule has 4 nitrogen and oxygen atoms in total. The van der Waals surface area contributed by atoms with Gasteiger partial charge in [0, 0.05) is 23.6 Å². The maximum Gasteiger partial charge on any atom is 0.260 e. The fourth-order valence-corrected chi connectivity index (χ4v) is 2.80. The predicted octanol–water partition coefficient (Wildman–Crippen LogP) is 3.84. The Hall–Kier alpha value is -2.36. The van der Waals surface area contributed by atoms with Crippen LogP contribution in [0, 0.1) is 12.8 Å². The molecule has 0 aliphatic heterocycles. The molecule has 2 aromatic rings. The van der Waals surface area contributed by atoms with E-state index in [1.807, 2.05) is 48.2 Å². The van der Waals surface area contributed by atoms with Gasteiger partial charge in [-0.1, -0.05) is 0 Å². The van der Waals surface area contributed by atoms with Gasteiger partial charge < -0.3 is 9.64 Å². The largest absolute Gasteiger partial charge is 0.497 e. The van der Waals surface area contributed by atoms with Crippen LogP contribution < -0.4 is 9.64 Å². The van der Waals surface area contributed by atoms with Crippen molar-refractivity contribution in [3.05, 3.63) is 53.9 Å². The van der Waals surface area contributed by atoms with Gasteiger partial charge in [0.05, 0.1) is 12.7 Å². The summed E-state index contributed by atoms with van der Waals surface area (Å²) in [6.07, 6.45) is 4.04. The Balaban J connectivity index is 1.93. The lowest BCUT2D eigenvalue weighted by Gasteiger charge is -2.29. The number of carbonyl (C=O) groups is 1. The van der Waals surface area contributed by atoms with Gasteiger partial charge in [0.1, 0.15) is 5.75 Å². The minimum atomic E-state index is 0.00191. The molecule has 0 unspecified atom stereocenters. The molecule has 1 saturated carbocycles. The minimum absolute atomic E-state index is 0.00191. The van der Waals surface area contributed by atoms with Crippen molar-refractivity contribution in [2.45, 2.75) is 32.7 Å². The van der Waals surface area contributed by atoms with Crippen LogP contribution in [-0.2, 0) is 0 Å². The third-order valence-electron chi connectivity index (χ3n) is 4.44. The van der Waals surface area contributed by atoms with Crippen molar-refractivity contribution < 1.29 is 9.53 Å². The molecule has 1 fully saturated rings. The number of benzene rings is 1. The number of carbonyl (C=O) groups excluding carboxylic acids is 1. The highest BCUT2D eigenvalue weighted by molar-refractivity contribution is 6.06. The number of rotatable bonds is 5. The number of nitrogens with zero attached hydrogens (tertiary/aromatic N) is 2. The van der Waals surface area contributed by atoms with E-state index in [4.69, 9.17) is 4.74 Å². The lowest BCUT2D eigenvalue weighted by molar-refractivity contribution is 0.0975. The van der Waals surface area contributed by atoms with Crippen molar-refractivity contribution >= 4 is 11.6 Å². The molecular weight excluding hydrogens is 288 g/mol. The van der Waals surface area contributed by atoms with Crippen molar-refractivity contribution in [3.63, 3.8) is 0 Å². The smallest absolute Gasteiger partial charge is 0.260 e. The number of methoxy groups -OCH3 is 1. The highest BCUT2D eigenvalue weighted by Crippen LogP contribution is 2.37. The van der Waals surface area contributed by atoms with Gasteiger partial charge >= 0.3 is 0 Å². The van der Waals surface area contributed by atoms with Crippen molar-refractivity contribution in [1.82, 2.24) is 4.98 Å². The minimum Gasteiger partial charge on any atom is -0.497 e. The summed E-state index contributed by atoms with van der Waals surface area (Å²) in [6.45, 7) is 4.05. The molecule has 1 heterocycles. The van der Waals surface area contributed by atoms with Crippen LogP contribution in [-0.4, -0.2) is 24.0 Å². The molecule has 0 bridgehead atoms. The van der Waals surface area contributed by atoms with Gasteiger partial charge in [0.2, 0.25) is 0 Å². The van der Waals surface area contributed by atoms with Crippen molar-refractivity contribution in [3.8, 4) is 5.75 Å². The number of pyridine rings is 1. The van der Waals surface area contributed by atoms with Crippen molar-refractivity contribution in [2.24, 2.45) is 5.92 Å². The summed E-state index contributed by atoms with van der Waals surface area (Å²) in [4.78, 5) is 19.2. The van der Waals surface area contributed by atoms with E-state index in [0.29, 0.717) is 11.5 Å². The molecule has 1 aromatic heterocycles. The second-order valence-electron chi connectivity index (χ2n) is 6.14. The zero-order chi connectivity index (χ0) is 16.4. The highest BCUT2D eigenvalue weighted by atomic mass is 16.5. The monoisotopic (exact) mass is 310 g/mol. The number of anilines is 1.